The molecule has 0 aliphatic heterocycles. The Morgan fingerprint density at radius 3 is 2.78 bits per heavy atom. The summed E-state index contributed by atoms with van der Waals surface area (Å²) in [5, 5.41) is 0. The van der Waals surface area contributed by atoms with Gasteiger partial charge in [0.15, 0.2) is 6.61 Å². The Morgan fingerprint density at radius 1 is 1.35 bits per heavy atom. The molecule has 2 heterocycles. The number of thiazole rings is 1. The maximum atomic E-state index is 12.2. The predicted molar refractivity (Wildman–Crippen MR) is 92.0 cm³/mol. The molecule has 6 heteroatoms. The first kappa shape index (κ1) is 17.4. The third-order valence-electron chi connectivity index (χ3n) is 3.70. The van der Waals surface area contributed by atoms with Gasteiger partial charge >= 0.3 is 0 Å². The molecule has 0 fully saturated rings. The van der Waals surface area contributed by atoms with Gasteiger partial charge in [-0.15, -0.1) is 11.3 Å². The third-order valence-corrected chi connectivity index (χ3v) is 4.70. The molecule has 0 aliphatic rings. The van der Waals surface area contributed by atoms with E-state index in [4.69, 9.17) is 4.74 Å². The summed E-state index contributed by atoms with van der Waals surface area (Å²) in [4.78, 5) is 23.8. The number of hydrogen-bond donors (Lipinski definition) is 0. The van der Waals surface area contributed by atoms with Crippen molar-refractivity contribution in [3.05, 3.63) is 39.6 Å². The van der Waals surface area contributed by atoms with E-state index in [1.165, 1.54) is 4.88 Å². The first-order chi connectivity index (χ1) is 11.0. The number of aromatic nitrogens is 2. The second-order valence-corrected chi connectivity index (χ2v) is 6.41. The van der Waals surface area contributed by atoms with E-state index in [-0.39, 0.29) is 12.5 Å². The fourth-order valence-corrected chi connectivity index (χ4v) is 2.96. The van der Waals surface area contributed by atoms with Crippen LogP contribution in [0.2, 0.25) is 0 Å². The molecule has 0 atom stereocenters. The van der Waals surface area contributed by atoms with Crippen molar-refractivity contribution in [3.63, 3.8) is 0 Å². The standard InChI is InChI=1S/C17H23N3O2S/c1-5-14-15(7-6-12(2)19-14)22-10-17(21)20(4)9-8-16-13(3)18-11-23-16/h6-7,11H,5,8-10H2,1-4H3. The number of hydrogen-bond acceptors (Lipinski definition) is 5. The van der Waals surface area contributed by atoms with Crippen molar-refractivity contribution in [2.24, 2.45) is 0 Å². The van der Waals surface area contributed by atoms with E-state index in [0.29, 0.717) is 12.3 Å². The lowest BCUT2D eigenvalue weighted by Gasteiger charge is -2.18. The van der Waals surface area contributed by atoms with Gasteiger partial charge in [0, 0.05) is 30.6 Å². The van der Waals surface area contributed by atoms with Crippen LogP contribution in [-0.4, -0.2) is 41.0 Å². The number of nitrogens with zero attached hydrogens (tertiary/aromatic N) is 3. The second-order valence-electron chi connectivity index (χ2n) is 5.47. The summed E-state index contributed by atoms with van der Waals surface area (Å²) in [6.07, 6.45) is 1.61. The molecule has 2 aromatic rings. The highest BCUT2D eigenvalue weighted by atomic mass is 32.1. The molecule has 124 valence electrons. The Kier molecular flexibility index (Phi) is 6.10. The minimum absolute atomic E-state index is 0.0326. The van der Waals surface area contributed by atoms with E-state index in [2.05, 4.69) is 9.97 Å². The van der Waals surface area contributed by atoms with E-state index in [1.807, 2.05) is 38.4 Å². The van der Waals surface area contributed by atoms with Crippen molar-refractivity contribution in [2.45, 2.75) is 33.6 Å². The number of carbonyl (C=O) groups is 1. The zero-order valence-corrected chi connectivity index (χ0v) is 14.9. The number of ether oxygens (including phenoxy) is 1. The normalized spacial score (nSPS) is 10.6. The molecule has 0 N–H and O–H groups in total. The second kappa shape index (κ2) is 8.06. The van der Waals surface area contributed by atoms with Gasteiger partial charge in [0.25, 0.3) is 5.91 Å². The van der Waals surface area contributed by atoms with Crippen LogP contribution in [-0.2, 0) is 17.6 Å². The van der Waals surface area contributed by atoms with E-state index in [1.54, 1.807) is 23.3 Å². The molecule has 1 amide bonds. The fourth-order valence-electron chi connectivity index (χ4n) is 2.19. The highest BCUT2D eigenvalue weighted by molar-refractivity contribution is 7.09. The number of carbonyl (C=O) groups excluding carboxylic acids is 1. The lowest BCUT2D eigenvalue weighted by atomic mass is 10.2. The van der Waals surface area contributed by atoms with Crippen LogP contribution >= 0.6 is 11.3 Å². The average Bonchev–Trinajstić information content (AvgIpc) is 2.96. The van der Waals surface area contributed by atoms with E-state index in [9.17, 15) is 4.79 Å². The molecule has 0 radical (unpaired) electrons. The molecule has 2 aromatic heterocycles. The Morgan fingerprint density at radius 2 is 2.13 bits per heavy atom. The van der Waals surface area contributed by atoms with Crippen molar-refractivity contribution in [2.75, 3.05) is 20.2 Å². The van der Waals surface area contributed by atoms with Crippen molar-refractivity contribution in [1.82, 2.24) is 14.9 Å². The summed E-state index contributed by atoms with van der Waals surface area (Å²) in [6.45, 7) is 6.67. The third kappa shape index (κ3) is 4.76. The minimum atomic E-state index is -0.0326. The molecule has 0 unspecified atom stereocenters. The molecular weight excluding hydrogens is 310 g/mol. The molecule has 2 rings (SSSR count). The van der Waals surface area contributed by atoms with Gasteiger partial charge in [0.2, 0.25) is 0 Å². The van der Waals surface area contributed by atoms with Crippen molar-refractivity contribution < 1.29 is 9.53 Å². The molecule has 23 heavy (non-hydrogen) atoms. The van der Waals surface area contributed by atoms with Crippen LogP contribution in [0.15, 0.2) is 17.6 Å². The van der Waals surface area contributed by atoms with Gasteiger partial charge in [-0.2, -0.15) is 0 Å². The fraction of sp³-hybridized carbons (Fsp3) is 0.471. The zero-order valence-electron chi connectivity index (χ0n) is 14.1. The van der Waals surface area contributed by atoms with Gasteiger partial charge in [0.1, 0.15) is 5.75 Å². The molecule has 0 bridgehead atoms. The topological polar surface area (TPSA) is 55.3 Å². The molecule has 0 saturated heterocycles. The van der Waals surface area contributed by atoms with Crippen LogP contribution in [0.4, 0.5) is 0 Å². The summed E-state index contributed by atoms with van der Waals surface area (Å²) >= 11 is 1.63. The minimum Gasteiger partial charge on any atom is -0.482 e. The molecule has 0 aliphatic carbocycles. The summed E-state index contributed by atoms with van der Waals surface area (Å²) in [6, 6.07) is 3.78. The summed E-state index contributed by atoms with van der Waals surface area (Å²) < 4.78 is 5.66. The van der Waals surface area contributed by atoms with Gasteiger partial charge in [-0.25, -0.2) is 4.98 Å². The summed E-state index contributed by atoms with van der Waals surface area (Å²) in [5.41, 5.74) is 4.73. The molecule has 0 spiro atoms. The smallest absolute Gasteiger partial charge is 0.260 e. The van der Waals surface area contributed by atoms with Gasteiger partial charge in [-0.05, 0) is 32.4 Å². The van der Waals surface area contributed by atoms with Gasteiger partial charge in [-0.1, -0.05) is 6.92 Å². The number of amides is 1. The maximum absolute atomic E-state index is 12.2. The summed E-state index contributed by atoms with van der Waals surface area (Å²) in [7, 11) is 1.80. The number of aryl methyl sites for hydroxylation is 3. The first-order valence-electron chi connectivity index (χ1n) is 7.73. The quantitative estimate of drug-likeness (QED) is 0.782. The van der Waals surface area contributed by atoms with E-state index >= 15 is 0 Å². The number of pyridine rings is 1. The molecule has 0 saturated carbocycles. The van der Waals surface area contributed by atoms with Crippen LogP contribution in [0.3, 0.4) is 0 Å². The van der Waals surface area contributed by atoms with Gasteiger partial charge in [-0.3, -0.25) is 9.78 Å². The monoisotopic (exact) mass is 333 g/mol. The average molecular weight is 333 g/mol. The van der Waals surface area contributed by atoms with Crippen LogP contribution in [0.5, 0.6) is 5.75 Å². The Hall–Kier alpha value is -1.95. The zero-order chi connectivity index (χ0) is 16.8. The van der Waals surface area contributed by atoms with Crippen LogP contribution in [0.1, 0.15) is 28.9 Å². The van der Waals surface area contributed by atoms with E-state index < -0.39 is 0 Å². The Balaban J connectivity index is 1.85. The van der Waals surface area contributed by atoms with Crippen LogP contribution < -0.4 is 4.74 Å². The molecule has 0 aromatic carbocycles. The lowest BCUT2D eigenvalue weighted by Crippen LogP contribution is -2.33. The summed E-state index contributed by atoms with van der Waals surface area (Å²) in [5.74, 6) is 0.660. The first-order valence-corrected chi connectivity index (χ1v) is 8.61. The van der Waals surface area contributed by atoms with Crippen molar-refractivity contribution in [3.8, 4) is 5.75 Å². The highest BCUT2D eigenvalue weighted by Gasteiger charge is 2.12. The Labute approximate surface area is 141 Å². The van der Waals surface area contributed by atoms with Gasteiger partial charge in [0.05, 0.1) is 16.9 Å². The maximum Gasteiger partial charge on any atom is 0.260 e. The van der Waals surface area contributed by atoms with Crippen molar-refractivity contribution in [1.29, 1.82) is 0 Å². The van der Waals surface area contributed by atoms with Crippen molar-refractivity contribution >= 4 is 17.2 Å². The van der Waals surface area contributed by atoms with Gasteiger partial charge < -0.3 is 9.64 Å². The van der Waals surface area contributed by atoms with Crippen LogP contribution in [0.25, 0.3) is 0 Å². The number of rotatable bonds is 7. The molecule has 5 nitrogen and oxygen atoms in total. The lowest BCUT2D eigenvalue weighted by molar-refractivity contribution is -0.132. The predicted octanol–water partition coefficient (Wildman–Crippen LogP) is 2.80. The van der Waals surface area contributed by atoms with Crippen LogP contribution in [0, 0.1) is 13.8 Å². The van der Waals surface area contributed by atoms with E-state index in [0.717, 1.165) is 29.9 Å². The highest BCUT2D eigenvalue weighted by Crippen LogP contribution is 2.17. The SMILES string of the molecule is CCc1nc(C)ccc1OCC(=O)N(C)CCc1scnc1C. The number of likely N-dealkylation sites (N-methyl/N-ethyl adjacent to an activating group) is 1. The Bertz CT molecular complexity index is 670. The largest absolute Gasteiger partial charge is 0.482 e. The molecular formula is C17H23N3O2S.